The zero-order chi connectivity index (χ0) is 23.6. The molecule has 2 aromatic carbocycles. The molecule has 172 valence electrons. The second-order valence-corrected chi connectivity index (χ2v) is 10.3. The van der Waals surface area contributed by atoms with Crippen molar-refractivity contribution in [2.24, 2.45) is 5.10 Å². The van der Waals surface area contributed by atoms with Crippen LogP contribution in [0, 0.1) is 13.8 Å². The predicted molar refractivity (Wildman–Crippen MR) is 129 cm³/mol. The number of nitrogens with one attached hydrogen (secondary N) is 1. The number of aromatic nitrogens is 1. The summed E-state index contributed by atoms with van der Waals surface area (Å²) in [4.78, 5) is 12.9. The largest absolute Gasteiger partial charge is 0.318 e. The van der Waals surface area contributed by atoms with Gasteiger partial charge in [0.25, 0.3) is 5.91 Å². The normalized spacial score (nSPS) is 17.0. The molecule has 7 nitrogen and oxygen atoms in total. The molecular weight excluding hydrogens is 460 g/mol. The zero-order valence-corrected chi connectivity index (χ0v) is 20.0. The Morgan fingerprint density at radius 3 is 2.52 bits per heavy atom. The van der Waals surface area contributed by atoms with Gasteiger partial charge in [0, 0.05) is 34.2 Å². The Labute approximate surface area is 198 Å². The van der Waals surface area contributed by atoms with Crippen molar-refractivity contribution in [2.75, 3.05) is 6.54 Å². The summed E-state index contributed by atoms with van der Waals surface area (Å²) >= 11 is 5.88. The van der Waals surface area contributed by atoms with E-state index >= 15 is 0 Å². The molecule has 0 aliphatic carbocycles. The van der Waals surface area contributed by atoms with E-state index in [0.29, 0.717) is 17.9 Å². The lowest BCUT2D eigenvalue weighted by Gasteiger charge is -2.22. The number of hydrogen-bond acceptors (Lipinski definition) is 4. The molecule has 0 unspecified atom stereocenters. The summed E-state index contributed by atoms with van der Waals surface area (Å²) in [6.45, 7) is 4.28. The standard InChI is InChI=1S/C24H25ClN4O3S/c1-17-15-19(18(2)29(17)21-7-4-3-5-8-21)16-26-27-24(30)23-9-6-14-28(23)33(31,32)22-12-10-20(25)11-13-22/h3-5,7-8,10-13,15-16,23H,6,9,14H2,1-2H3,(H,27,30)/b26-16-/t23-/m0/s1. The number of rotatable bonds is 6. The molecule has 1 N–H and O–H groups in total. The van der Waals surface area contributed by atoms with Crippen LogP contribution in [0.25, 0.3) is 5.69 Å². The van der Waals surface area contributed by atoms with Crippen molar-refractivity contribution in [1.82, 2.24) is 14.3 Å². The molecule has 1 amide bonds. The second-order valence-electron chi connectivity index (χ2n) is 7.96. The number of nitrogens with zero attached hydrogens (tertiary/aromatic N) is 3. The molecular formula is C24H25ClN4O3S. The number of hydrazone groups is 1. The summed E-state index contributed by atoms with van der Waals surface area (Å²) in [6, 6.07) is 17.1. The molecule has 33 heavy (non-hydrogen) atoms. The molecule has 0 bridgehead atoms. The molecule has 2 heterocycles. The number of hydrogen-bond donors (Lipinski definition) is 1. The van der Waals surface area contributed by atoms with Crippen LogP contribution in [0.3, 0.4) is 0 Å². The Bertz CT molecular complexity index is 1290. The van der Waals surface area contributed by atoms with Gasteiger partial charge in [0.1, 0.15) is 6.04 Å². The van der Waals surface area contributed by atoms with E-state index in [2.05, 4.69) is 15.1 Å². The number of carbonyl (C=O) groups is 1. The minimum Gasteiger partial charge on any atom is -0.318 e. The van der Waals surface area contributed by atoms with Gasteiger partial charge in [0.05, 0.1) is 11.1 Å². The van der Waals surface area contributed by atoms with Crippen LogP contribution in [-0.2, 0) is 14.8 Å². The van der Waals surface area contributed by atoms with Gasteiger partial charge in [-0.2, -0.15) is 9.41 Å². The van der Waals surface area contributed by atoms with Crippen LogP contribution in [0.15, 0.2) is 70.7 Å². The smallest absolute Gasteiger partial charge is 0.258 e. The van der Waals surface area contributed by atoms with E-state index in [1.165, 1.54) is 28.6 Å². The molecule has 1 atom stereocenters. The highest BCUT2D eigenvalue weighted by Gasteiger charge is 2.39. The maximum absolute atomic E-state index is 13.0. The van der Waals surface area contributed by atoms with Crippen molar-refractivity contribution in [2.45, 2.75) is 37.6 Å². The van der Waals surface area contributed by atoms with Gasteiger partial charge in [-0.1, -0.05) is 29.8 Å². The summed E-state index contributed by atoms with van der Waals surface area (Å²) in [5.41, 5.74) is 6.48. The van der Waals surface area contributed by atoms with Crippen molar-refractivity contribution in [3.63, 3.8) is 0 Å². The lowest BCUT2D eigenvalue weighted by Crippen LogP contribution is -2.44. The predicted octanol–water partition coefficient (Wildman–Crippen LogP) is 4.05. The van der Waals surface area contributed by atoms with E-state index in [9.17, 15) is 13.2 Å². The van der Waals surface area contributed by atoms with Gasteiger partial charge >= 0.3 is 0 Å². The van der Waals surface area contributed by atoms with Gasteiger partial charge in [-0.25, -0.2) is 13.8 Å². The van der Waals surface area contributed by atoms with Gasteiger partial charge in [0.15, 0.2) is 0 Å². The van der Waals surface area contributed by atoms with Gasteiger partial charge in [-0.15, -0.1) is 0 Å². The number of halogens is 1. The fourth-order valence-corrected chi connectivity index (χ4v) is 5.95. The quantitative estimate of drug-likeness (QED) is 0.423. The number of sulfonamides is 1. The summed E-state index contributed by atoms with van der Waals surface area (Å²) in [5.74, 6) is -0.446. The van der Waals surface area contributed by atoms with Crippen molar-refractivity contribution in [3.05, 3.63) is 82.6 Å². The van der Waals surface area contributed by atoms with E-state index in [0.717, 1.165) is 22.6 Å². The first kappa shape index (κ1) is 23.2. The number of carbonyl (C=O) groups excluding carboxylic acids is 1. The highest BCUT2D eigenvalue weighted by Crippen LogP contribution is 2.27. The molecule has 4 rings (SSSR count). The molecule has 1 saturated heterocycles. The fraction of sp³-hybridized carbons (Fsp3) is 0.250. The van der Waals surface area contributed by atoms with Crippen LogP contribution >= 0.6 is 11.6 Å². The average molecular weight is 485 g/mol. The summed E-state index contributed by atoms with van der Waals surface area (Å²) < 4.78 is 29.4. The first-order valence-electron chi connectivity index (χ1n) is 10.6. The van der Waals surface area contributed by atoms with E-state index in [1.54, 1.807) is 6.21 Å². The molecule has 1 fully saturated rings. The molecule has 9 heteroatoms. The minimum absolute atomic E-state index is 0.114. The van der Waals surface area contributed by atoms with Crippen LogP contribution in [0.1, 0.15) is 29.8 Å². The third-order valence-electron chi connectivity index (χ3n) is 5.79. The Morgan fingerprint density at radius 2 is 1.82 bits per heavy atom. The number of benzene rings is 2. The molecule has 1 aromatic heterocycles. The van der Waals surface area contributed by atoms with E-state index in [-0.39, 0.29) is 11.4 Å². The average Bonchev–Trinajstić information content (AvgIpc) is 3.40. The number of aryl methyl sites for hydroxylation is 1. The van der Waals surface area contributed by atoms with Crippen molar-refractivity contribution < 1.29 is 13.2 Å². The third kappa shape index (κ3) is 4.73. The van der Waals surface area contributed by atoms with Gasteiger partial charge in [-0.05, 0) is 69.2 Å². The maximum atomic E-state index is 13.0. The minimum atomic E-state index is -3.81. The van der Waals surface area contributed by atoms with Crippen LogP contribution in [0.5, 0.6) is 0 Å². The summed E-state index contributed by atoms with van der Waals surface area (Å²) in [5, 5.41) is 4.57. The number of amides is 1. The van der Waals surface area contributed by atoms with Crippen LogP contribution in [0.2, 0.25) is 5.02 Å². The molecule has 0 radical (unpaired) electrons. The van der Waals surface area contributed by atoms with Gasteiger partial charge in [-0.3, -0.25) is 4.79 Å². The molecule has 1 aliphatic heterocycles. The maximum Gasteiger partial charge on any atom is 0.258 e. The van der Waals surface area contributed by atoms with Gasteiger partial charge in [0.2, 0.25) is 10.0 Å². The second kappa shape index (κ2) is 9.51. The zero-order valence-electron chi connectivity index (χ0n) is 18.4. The monoisotopic (exact) mass is 484 g/mol. The lowest BCUT2D eigenvalue weighted by molar-refractivity contribution is -0.124. The van der Waals surface area contributed by atoms with Crippen molar-refractivity contribution in [3.8, 4) is 5.69 Å². The highest BCUT2D eigenvalue weighted by atomic mass is 35.5. The molecule has 1 aliphatic rings. The van der Waals surface area contributed by atoms with Gasteiger partial charge < -0.3 is 4.57 Å². The molecule has 3 aromatic rings. The number of para-hydroxylation sites is 1. The SMILES string of the molecule is Cc1cc(/C=N\NC(=O)[C@@H]2CCCN2S(=O)(=O)c2ccc(Cl)cc2)c(C)n1-c1ccccc1. The highest BCUT2D eigenvalue weighted by molar-refractivity contribution is 7.89. The molecule has 0 spiro atoms. The van der Waals surface area contributed by atoms with E-state index < -0.39 is 22.0 Å². The first-order valence-corrected chi connectivity index (χ1v) is 12.5. The van der Waals surface area contributed by atoms with E-state index in [4.69, 9.17) is 11.6 Å². The topological polar surface area (TPSA) is 83.8 Å². The fourth-order valence-electron chi connectivity index (χ4n) is 4.16. The lowest BCUT2D eigenvalue weighted by atomic mass is 10.2. The Hall–Kier alpha value is -2.94. The Balaban J connectivity index is 1.48. The van der Waals surface area contributed by atoms with Crippen LogP contribution in [0.4, 0.5) is 0 Å². The summed E-state index contributed by atoms with van der Waals surface area (Å²) in [6.07, 6.45) is 2.64. The Morgan fingerprint density at radius 1 is 1.12 bits per heavy atom. The van der Waals surface area contributed by atoms with Crippen LogP contribution in [-0.4, -0.2) is 42.0 Å². The van der Waals surface area contributed by atoms with Crippen LogP contribution < -0.4 is 5.43 Å². The Kier molecular flexibility index (Phi) is 6.69. The summed E-state index contributed by atoms with van der Waals surface area (Å²) in [7, 11) is -3.81. The third-order valence-corrected chi connectivity index (χ3v) is 7.96. The van der Waals surface area contributed by atoms with Crippen molar-refractivity contribution >= 4 is 33.7 Å². The molecule has 0 saturated carbocycles. The van der Waals surface area contributed by atoms with E-state index in [1.807, 2.05) is 50.2 Å². The first-order chi connectivity index (χ1) is 15.8. The van der Waals surface area contributed by atoms with Crippen molar-refractivity contribution in [1.29, 1.82) is 0 Å².